The van der Waals surface area contributed by atoms with Crippen LogP contribution in [0.25, 0.3) is 0 Å². The number of halogens is 1. The quantitative estimate of drug-likeness (QED) is 0.148. The van der Waals surface area contributed by atoms with Crippen molar-refractivity contribution < 1.29 is 23.7 Å². The van der Waals surface area contributed by atoms with Gasteiger partial charge >= 0.3 is 0 Å². The van der Waals surface area contributed by atoms with Gasteiger partial charge in [-0.1, -0.05) is 35.1 Å². The number of ether oxygens (including phenoxy) is 4. The van der Waals surface area contributed by atoms with E-state index in [1.807, 2.05) is 24.3 Å². The highest BCUT2D eigenvalue weighted by molar-refractivity contribution is 7.15. The minimum absolute atomic E-state index is 0.0238. The van der Waals surface area contributed by atoms with Gasteiger partial charge < -0.3 is 24.7 Å². The number of nitrogens with zero attached hydrogens (tertiary/aromatic N) is 3. The lowest BCUT2D eigenvalue weighted by molar-refractivity contribution is -0.120. The number of nitrogen functional groups attached to an aromatic ring is 1. The Morgan fingerprint density at radius 1 is 1.14 bits per heavy atom. The molecule has 1 amide bonds. The lowest BCUT2D eigenvalue weighted by atomic mass is 10.1. The van der Waals surface area contributed by atoms with Gasteiger partial charge in [0.05, 0.1) is 31.9 Å². The zero-order valence-electron chi connectivity index (χ0n) is 19.8. The third-order valence-corrected chi connectivity index (χ3v) is 5.68. The number of amides is 1. The first-order valence-electron chi connectivity index (χ1n) is 10.7. The highest BCUT2D eigenvalue weighted by atomic mass is 35.5. The van der Waals surface area contributed by atoms with Gasteiger partial charge in [-0.2, -0.15) is 5.10 Å². The second-order valence-corrected chi connectivity index (χ2v) is 8.71. The van der Waals surface area contributed by atoms with Crippen LogP contribution in [0.5, 0.6) is 23.0 Å². The first kappa shape index (κ1) is 26.8. The molecule has 0 atom stereocenters. The van der Waals surface area contributed by atoms with Crippen LogP contribution in [0, 0.1) is 0 Å². The summed E-state index contributed by atoms with van der Waals surface area (Å²) in [4.78, 5) is 12.0. The van der Waals surface area contributed by atoms with Gasteiger partial charge in [-0.05, 0) is 41.8 Å². The Hall–Kier alpha value is -3.83. The molecule has 0 spiro atoms. The minimum atomic E-state index is -0.354. The highest BCUT2D eigenvalue weighted by Gasteiger charge is 2.13. The summed E-state index contributed by atoms with van der Waals surface area (Å²) in [6, 6.07) is 9.04. The van der Waals surface area contributed by atoms with Crippen molar-refractivity contribution in [2.24, 2.45) is 5.10 Å². The molecular weight excluding hydrogens is 506 g/mol. The number of anilines is 1. The van der Waals surface area contributed by atoms with Gasteiger partial charge in [0.15, 0.2) is 23.0 Å². The topological polar surface area (TPSA) is 130 Å². The lowest BCUT2D eigenvalue weighted by Gasteiger charge is -2.15. The molecule has 190 valence electrons. The number of aromatic nitrogens is 2. The Morgan fingerprint density at radius 2 is 1.92 bits per heavy atom. The second kappa shape index (κ2) is 13.3. The number of methoxy groups -OCH3 is 2. The molecule has 0 fully saturated rings. The molecule has 0 saturated carbocycles. The summed E-state index contributed by atoms with van der Waals surface area (Å²) < 4.78 is 22.4. The third kappa shape index (κ3) is 7.59. The zero-order valence-corrected chi connectivity index (χ0v) is 21.4. The molecule has 1 aromatic heterocycles. The number of carbonyl (C=O) groups is 1. The average molecular weight is 532 g/mol. The SMILES string of the molecule is C=CCc1ccc(OCCOc2c(Cl)cc(/C=N/NC(=O)Cc3nnc(N)s3)cc2OC)c(OC)c1. The summed E-state index contributed by atoms with van der Waals surface area (Å²) in [5.41, 5.74) is 9.61. The second-order valence-electron chi connectivity index (χ2n) is 7.21. The summed E-state index contributed by atoms with van der Waals surface area (Å²) in [7, 11) is 3.09. The normalized spacial score (nSPS) is 10.8. The smallest absolute Gasteiger partial charge is 0.247 e. The van der Waals surface area contributed by atoms with E-state index in [9.17, 15) is 4.79 Å². The Labute approximate surface area is 217 Å². The molecule has 36 heavy (non-hydrogen) atoms. The summed E-state index contributed by atoms with van der Waals surface area (Å²) in [5.74, 6) is 1.66. The number of allylic oxidation sites excluding steroid dienone is 1. The number of hydrogen-bond acceptors (Lipinski definition) is 10. The number of nitrogens with one attached hydrogen (secondary N) is 1. The number of hydrazone groups is 1. The Balaban J connectivity index is 1.55. The van der Waals surface area contributed by atoms with E-state index < -0.39 is 0 Å². The predicted octanol–water partition coefficient (Wildman–Crippen LogP) is 3.67. The van der Waals surface area contributed by atoms with Gasteiger partial charge in [-0.15, -0.1) is 16.8 Å². The van der Waals surface area contributed by atoms with Crippen LogP contribution in [0.3, 0.4) is 0 Å². The highest BCUT2D eigenvalue weighted by Crippen LogP contribution is 2.36. The fraction of sp³-hybridized carbons (Fsp3) is 0.250. The van der Waals surface area contributed by atoms with Gasteiger partial charge in [0.1, 0.15) is 18.2 Å². The van der Waals surface area contributed by atoms with E-state index in [1.54, 1.807) is 19.2 Å². The van der Waals surface area contributed by atoms with Crippen molar-refractivity contribution in [1.82, 2.24) is 15.6 Å². The number of benzene rings is 2. The van der Waals surface area contributed by atoms with Crippen LogP contribution in [0.1, 0.15) is 16.1 Å². The Bertz CT molecular complexity index is 1230. The van der Waals surface area contributed by atoms with Crippen LogP contribution in [-0.2, 0) is 17.6 Å². The largest absolute Gasteiger partial charge is 0.493 e. The van der Waals surface area contributed by atoms with Crippen molar-refractivity contribution in [3.05, 3.63) is 64.1 Å². The van der Waals surface area contributed by atoms with Gasteiger partial charge in [0.2, 0.25) is 11.0 Å². The van der Waals surface area contributed by atoms with E-state index in [2.05, 4.69) is 27.3 Å². The fourth-order valence-corrected chi connectivity index (χ4v) is 3.95. The number of carbonyl (C=O) groups excluding carboxylic acids is 1. The molecule has 3 rings (SSSR count). The van der Waals surface area contributed by atoms with E-state index in [-0.39, 0.29) is 25.5 Å². The number of hydrogen-bond donors (Lipinski definition) is 2. The van der Waals surface area contributed by atoms with Crippen LogP contribution in [0.2, 0.25) is 5.02 Å². The van der Waals surface area contributed by atoms with E-state index in [4.69, 9.17) is 36.3 Å². The summed E-state index contributed by atoms with van der Waals surface area (Å²) in [6.07, 6.45) is 4.03. The molecule has 0 saturated heterocycles. The fourth-order valence-electron chi connectivity index (χ4n) is 3.07. The van der Waals surface area contributed by atoms with E-state index in [0.717, 1.165) is 23.3 Å². The summed E-state index contributed by atoms with van der Waals surface area (Å²) in [5, 5.41) is 12.5. The predicted molar refractivity (Wildman–Crippen MR) is 140 cm³/mol. The molecule has 2 aromatic carbocycles. The van der Waals surface area contributed by atoms with Crippen molar-refractivity contribution in [3.8, 4) is 23.0 Å². The minimum Gasteiger partial charge on any atom is -0.493 e. The summed E-state index contributed by atoms with van der Waals surface area (Å²) in [6.45, 7) is 4.22. The Morgan fingerprint density at radius 3 is 2.61 bits per heavy atom. The molecule has 0 unspecified atom stereocenters. The molecule has 0 radical (unpaired) electrons. The van der Waals surface area contributed by atoms with Crippen LogP contribution < -0.4 is 30.1 Å². The van der Waals surface area contributed by atoms with Crippen LogP contribution in [0.4, 0.5) is 5.13 Å². The van der Waals surface area contributed by atoms with Crippen molar-refractivity contribution in [2.45, 2.75) is 12.8 Å². The van der Waals surface area contributed by atoms with Gasteiger partial charge in [-0.3, -0.25) is 4.79 Å². The van der Waals surface area contributed by atoms with Gasteiger partial charge in [0, 0.05) is 0 Å². The molecular formula is C24H26ClN5O5S. The third-order valence-electron chi connectivity index (χ3n) is 4.64. The van der Waals surface area contributed by atoms with Gasteiger partial charge in [0.25, 0.3) is 0 Å². The molecule has 10 nitrogen and oxygen atoms in total. The first-order chi connectivity index (χ1) is 17.4. The molecule has 3 N–H and O–H groups in total. The molecule has 1 heterocycles. The summed E-state index contributed by atoms with van der Waals surface area (Å²) >= 11 is 7.55. The van der Waals surface area contributed by atoms with Crippen LogP contribution in [-0.4, -0.2) is 49.8 Å². The standard InChI is InChI=1S/C24H26ClN5O5S/c1-4-5-15-6-7-18(19(11-15)32-2)34-8-9-35-23-17(25)10-16(12-20(23)33-3)14-27-28-21(31)13-22-29-30-24(26)36-22/h4,6-7,10-12,14H,1,5,8-9,13H2,2-3H3,(H2,26,30)(H,28,31)/b27-14+. The maximum Gasteiger partial charge on any atom is 0.247 e. The van der Waals surface area contributed by atoms with E-state index >= 15 is 0 Å². The van der Waals surface area contributed by atoms with Crippen molar-refractivity contribution in [1.29, 1.82) is 0 Å². The maximum atomic E-state index is 12.0. The molecule has 0 aliphatic heterocycles. The lowest BCUT2D eigenvalue weighted by Crippen LogP contribution is -2.19. The Kier molecular flexibility index (Phi) is 9.90. The molecule has 0 aliphatic rings. The monoisotopic (exact) mass is 531 g/mol. The van der Waals surface area contributed by atoms with Crippen molar-refractivity contribution in [3.63, 3.8) is 0 Å². The van der Waals surface area contributed by atoms with Crippen LogP contribution >= 0.6 is 22.9 Å². The van der Waals surface area contributed by atoms with E-state index in [0.29, 0.717) is 43.7 Å². The molecule has 12 heteroatoms. The van der Waals surface area contributed by atoms with E-state index in [1.165, 1.54) is 13.3 Å². The average Bonchev–Trinajstić information content (AvgIpc) is 3.27. The van der Waals surface area contributed by atoms with Crippen LogP contribution in [0.15, 0.2) is 48.1 Å². The van der Waals surface area contributed by atoms with Gasteiger partial charge in [-0.25, -0.2) is 5.43 Å². The molecule has 3 aromatic rings. The zero-order chi connectivity index (χ0) is 25.9. The number of nitrogens with two attached hydrogens (primary N) is 1. The molecule has 0 bridgehead atoms. The van der Waals surface area contributed by atoms with Crippen molar-refractivity contribution in [2.75, 3.05) is 33.2 Å². The molecule has 0 aliphatic carbocycles. The first-order valence-corrected chi connectivity index (χ1v) is 11.9. The number of rotatable bonds is 13. The van der Waals surface area contributed by atoms with Crippen molar-refractivity contribution >= 4 is 40.2 Å². The maximum absolute atomic E-state index is 12.0.